The normalized spacial score (nSPS) is 11.7. The molecule has 0 aliphatic carbocycles. The minimum absolute atomic E-state index is 0.0479. The Morgan fingerprint density at radius 2 is 1.68 bits per heavy atom. The Labute approximate surface area is 238 Å². The van der Waals surface area contributed by atoms with E-state index in [4.69, 9.17) is 14.0 Å². The molecule has 0 radical (unpaired) electrons. The molecule has 0 atom stereocenters. The highest BCUT2D eigenvalue weighted by atomic mass is 16.5. The van der Waals surface area contributed by atoms with E-state index in [1.165, 1.54) is 0 Å². The van der Waals surface area contributed by atoms with Gasteiger partial charge < -0.3 is 4.52 Å². The number of nitrogens with one attached hydrogen (secondary N) is 1. The van der Waals surface area contributed by atoms with Gasteiger partial charge in [0, 0.05) is 41.1 Å². The molecule has 0 unspecified atom stereocenters. The van der Waals surface area contributed by atoms with Gasteiger partial charge in [-0.15, -0.1) is 0 Å². The number of nitrogens with zero attached hydrogens (tertiary/aromatic N) is 4. The Balaban J connectivity index is 1.47. The average molecular weight is 554 g/mol. The van der Waals surface area contributed by atoms with E-state index in [0.29, 0.717) is 24.4 Å². The molecule has 0 bridgehead atoms. The van der Waals surface area contributed by atoms with Gasteiger partial charge in [-0.3, -0.25) is 18.9 Å². The maximum absolute atomic E-state index is 13.9. The first-order chi connectivity index (χ1) is 19.6. The monoisotopic (exact) mass is 553 g/mol. The molecule has 41 heavy (non-hydrogen) atoms. The predicted molar refractivity (Wildman–Crippen MR) is 157 cm³/mol. The van der Waals surface area contributed by atoms with Gasteiger partial charge >= 0.3 is 5.76 Å². The summed E-state index contributed by atoms with van der Waals surface area (Å²) in [6, 6.07) is 17.6. The van der Waals surface area contributed by atoms with Crippen molar-refractivity contribution in [1.82, 2.24) is 24.8 Å². The zero-order valence-corrected chi connectivity index (χ0v) is 24.2. The van der Waals surface area contributed by atoms with Gasteiger partial charge in [0.2, 0.25) is 0 Å². The molecule has 0 amide bonds. The topological polar surface area (TPSA) is 120 Å². The Hall–Kier alpha value is -4.53. The van der Waals surface area contributed by atoms with E-state index in [-0.39, 0.29) is 11.0 Å². The summed E-state index contributed by atoms with van der Waals surface area (Å²) >= 11 is 0. The molecule has 5 aromatic rings. The molecule has 0 spiro atoms. The van der Waals surface area contributed by atoms with Crippen LogP contribution in [0.25, 0.3) is 22.5 Å². The van der Waals surface area contributed by atoms with Crippen molar-refractivity contribution in [3.8, 4) is 22.5 Å². The van der Waals surface area contributed by atoms with Crippen LogP contribution in [0.1, 0.15) is 74.6 Å². The maximum atomic E-state index is 13.9. The fourth-order valence-electron chi connectivity index (χ4n) is 4.84. The number of aromatic amines is 1. The first-order valence-electron chi connectivity index (χ1n) is 13.9. The molecule has 0 aliphatic rings. The van der Waals surface area contributed by atoms with E-state index < -0.39 is 5.76 Å². The standard InChI is InChI=1S/C32H35N5O4/c1-6-7-12-28-33-20(2)26(17-23-18-27(40-35-23)32(3,4)5)30(38)37(28)19-21-13-15-22(16-14-21)24-10-8-9-11-25(24)29-34-31(39)41-36-29/h8-11,13-16,18H,6-7,12,17,19H2,1-5H3,(H,34,36,39). The number of hydrogen-bond donors (Lipinski definition) is 1. The summed E-state index contributed by atoms with van der Waals surface area (Å²) in [5, 5.41) is 8.08. The van der Waals surface area contributed by atoms with Crippen molar-refractivity contribution < 1.29 is 9.05 Å². The summed E-state index contributed by atoms with van der Waals surface area (Å²) in [5.41, 5.74) is 5.48. The summed E-state index contributed by atoms with van der Waals surface area (Å²) in [6.45, 7) is 10.6. The molecule has 5 rings (SSSR count). The van der Waals surface area contributed by atoms with E-state index in [0.717, 1.165) is 64.5 Å². The molecule has 9 nitrogen and oxygen atoms in total. The van der Waals surface area contributed by atoms with Crippen LogP contribution in [0, 0.1) is 6.92 Å². The molecule has 212 valence electrons. The average Bonchev–Trinajstić information content (AvgIpc) is 3.61. The number of rotatable bonds is 9. The van der Waals surface area contributed by atoms with Gasteiger partial charge in [0.25, 0.3) is 5.56 Å². The van der Waals surface area contributed by atoms with Crippen LogP contribution in [0.15, 0.2) is 73.2 Å². The lowest BCUT2D eigenvalue weighted by Crippen LogP contribution is -2.30. The van der Waals surface area contributed by atoms with Crippen LogP contribution in [0.4, 0.5) is 0 Å². The lowest BCUT2D eigenvalue weighted by Gasteiger charge is -2.16. The highest BCUT2D eigenvalue weighted by Gasteiger charge is 2.22. The molecule has 3 aromatic heterocycles. The lowest BCUT2D eigenvalue weighted by atomic mass is 9.93. The van der Waals surface area contributed by atoms with Gasteiger partial charge in [0.15, 0.2) is 5.82 Å². The smallest absolute Gasteiger partial charge is 0.361 e. The van der Waals surface area contributed by atoms with Gasteiger partial charge in [0.1, 0.15) is 11.6 Å². The Morgan fingerprint density at radius 1 is 0.951 bits per heavy atom. The third-order valence-corrected chi connectivity index (χ3v) is 7.19. The SMILES string of the molecule is CCCCc1nc(C)c(Cc2cc(C(C)(C)C)on2)c(=O)n1Cc1ccc(-c2ccccc2-c2noc(=O)[nH]2)cc1. The lowest BCUT2D eigenvalue weighted by molar-refractivity contribution is 0.326. The molecular weight excluding hydrogens is 518 g/mol. The van der Waals surface area contributed by atoms with E-state index in [9.17, 15) is 9.59 Å². The fourth-order valence-corrected chi connectivity index (χ4v) is 4.84. The molecule has 0 saturated heterocycles. The van der Waals surface area contributed by atoms with Crippen molar-refractivity contribution in [2.75, 3.05) is 0 Å². The summed E-state index contributed by atoms with van der Waals surface area (Å²) in [4.78, 5) is 32.9. The zero-order chi connectivity index (χ0) is 29.1. The van der Waals surface area contributed by atoms with Crippen LogP contribution in [0.2, 0.25) is 0 Å². The van der Waals surface area contributed by atoms with Gasteiger partial charge in [0.05, 0.1) is 12.2 Å². The highest BCUT2D eigenvalue weighted by molar-refractivity contribution is 5.80. The van der Waals surface area contributed by atoms with Crippen LogP contribution < -0.4 is 11.3 Å². The fraction of sp³-hybridized carbons (Fsp3) is 0.344. The van der Waals surface area contributed by atoms with Crippen LogP contribution in [0.3, 0.4) is 0 Å². The van der Waals surface area contributed by atoms with Crippen LogP contribution in [-0.2, 0) is 24.8 Å². The second-order valence-corrected chi connectivity index (χ2v) is 11.4. The van der Waals surface area contributed by atoms with Crippen molar-refractivity contribution >= 4 is 0 Å². The number of unbranched alkanes of at least 4 members (excludes halogenated alkanes) is 1. The summed E-state index contributed by atoms with van der Waals surface area (Å²) in [6.07, 6.45) is 3.05. The van der Waals surface area contributed by atoms with E-state index in [1.54, 1.807) is 4.57 Å². The van der Waals surface area contributed by atoms with Gasteiger partial charge in [-0.2, -0.15) is 0 Å². The number of benzene rings is 2. The molecule has 1 N–H and O–H groups in total. The second-order valence-electron chi connectivity index (χ2n) is 11.4. The summed E-state index contributed by atoms with van der Waals surface area (Å²) in [5.74, 6) is 1.35. The van der Waals surface area contributed by atoms with E-state index in [1.807, 2.05) is 61.5 Å². The Bertz CT molecular complexity index is 1770. The zero-order valence-electron chi connectivity index (χ0n) is 24.2. The van der Waals surface area contributed by atoms with Crippen molar-refractivity contribution in [3.05, 3.63) is 110 Å². The third-order valence-electron chi connectivity index (χ3n) is 7.19. The third kappa shape index (κ3) is 6.14. The minimum atomic E-state index is -0.598. The first-order valence-corrected chi connectivity index (χ1v) is 13.9. The molecule has 2 aromatic carbocycles. The van der Waals surface area contributed by atoms with Crippen molar-refractivity contribution in [2.24, 2.45) is 0 Å². The van der Waals surface area contributed by atoms with E-state index in [2.05, 4.69) is 43.0 Å². The van der Waals surface area contributed by atoms with Gasteiger partial charge in [-0.25, -0.2) is 9.78 Å². The minimum Gasteiger partial charge on any atom is -0.361 e. The summed E-state index contributed by atoms with van der Waals surface area (Å²) < 4.78 is 12.1. The number of aromatic nitrogens is 5. The number of hydrogen-bond acceptors (Lipinski definition) is 7. The Kier molecular flexibility index (Phi) is 7.88. The largest absolute Gasteiger partial charge is 0.439 e. The van der Waals surface area contributed by atoms with Crippen LogP contribution in [-0.4, -0.2) is 24.8 Å². The maximum Gasteiger partial charge on any atom is 0.439 e. The molecular formula is C32H35N5O4. The molecule has 9 heteroatoms. The second kappa shape index (κ2) is 11.5. The molecule has 3 heterocycles. The molecule has 0 aliphatic heterocycles. The number of H-pyrrole nitrogens is 1. The molecule has 0 saturated carbocycles. The quantitative estimate of drug-likeness (QED) is 0.244. The predicted octanol–water partition coefficient (Wildman–Crippen LogP) is 5.83. The van der Waals surface area contributed by atoms with Crippen molar-refractivity contribution in [2.45, 2.75) is 72.3 Å². The van der Waals surface area contributed by atoms with Gasteiger partial charge in [-0.05, 0) is 30.0 Å². The highest BCUT2D eigenvalue weighted by Crippen LogP contribution is 2.30. The van der Waals surface area contributed by atoms with E-state index >= 15 is 0 Å². The molecule has 0 fully saturated rings. The van der Waals surface area contributed by atoms with Crippen LogP contribution >= 0.6 is 0 Å². The van der Waals surface area contributed by atoms with Crippen molar-refractivity contribution in [3.63, 3.8) is 0 Å². The van der Waals surface area contributed by atoms with Gasteiger partial charge in [-0.1, -0.05) is 93.0 Å². The van der Waals surface area contributed by atoms with Crippen LogP contribution in [0.5, 0.6) is 0 Å². The summed E-state index contributed by atoms with van der Waals surface area (Å²) in [7, 11) is 0. The Morgan fingerprint density at radius 3 is 2.32 bits per heavy atom. The number of aryl methyl sites for hydroxylation is 2. The van der Waals surface area contributed by atoms with Crippen molar-refractivity contribution in [1.29, 1.82) is 0 Å². The first kappa shape index (κ1) is 28.0.